The fourth-order valence-electron chi connectivity index (χ4n) is 0.736. The molecule has 0 spiro atoms. The first kappa shape index (κ1) is 8.33. The molecule has 2 amide bonds. The van der Waals surface area contributed by atoms with Crippen LogP contribution in [0, 0.1) is 0 Å². The van der Waals surface area contributed by atoms with Crippen LogP contribution in [-0.4, -0.2) is 17.1 Å². The molecule has 3 nitrogen and oxygen atoms in total. The highest BCUT2D eigenvalue weighted by Crippen LogP contribution is 2.23. The molecule has 0 radical (unpaired) electrons. The summed E-state index contributed by atoms with van der Waals surface area (Å²) >= 11 is 1.40. The van der Waals surface area contributed by atoms with Gasteiger partial charge in [-0.1, -0.05) is 13.8 Å². The van der Waals surface area contributed by atoms with E-state index >= 15 is 0 Å². The Kier molecular flexibility index (Phi) is 2.34. The van der Waals surface area contributed by atoms with Crippen LogP contribution >= 0.6 is 11.8 Å². The zero-order chi connectivity index (χ0) is 8.43. The summed E-state index contributed by atoms with van der Waals surface area (Å²) in [6.07, 6.45) is 1.34. The molecule has 0 atom stereocenters. The minimum Gasteiger partial charge on any atom is -0.288 e. The predicted octanol–water partition coefficient (Wildman–Crippen LogP) is 0.668. The van der Waals surface area contributed by atoms with Crippen LogP contribution in [0.25, 0.3) is 0 Å². The average Bonchev–Trinajstić information content (AvgIpc) is 2.09. The molecule has 0 aromatic heterocycles. The maximum Gasteiger partial charge on any atom is 0.264 e. The van der Waals surface area contributed by atoms with Gasteiger partial charge in [0.05, 0.1) is 4.91 Å². The number of amides is 2. The Morgan fingerprint density at radius 3 is 2.45 bits per heavy atom. The zero-order valence-electron chi connectivity index (χ0n) is 6.38. The van der Waals surface area contributed by atoms with Crippen molar-refractivity contribution in [3.05, 3.63) is 11.0 Å². The van der Waals surface area contributed by atoms with Crippen LogP contribution in [0.4, 0.5) is 0 Å². The Balaban J connectivity index is 2.64. The lowest BCUT2D eigenvalue weighted by Gasteiger charge is -2.01. The first-order chi connectivity index (χ1) is 5.09. The van der Waals surface area contributed by atoms with Crippen molar-refractivity contribution >= 4 is 23.6 Å². The molecule has 0 bridgehead atoms. The van der Waals surface area contributed by atoms with E-state index in [2.05, 4.69) is 5.32 Å². The predicted molar refractivity (Wildman–Crippen MR) is 44.0 cm³/mol. The summed E-state index contributed by atoms with van der Waals surface area (Å²) in [4.78, 5) is 22.0. The second-order valence-corrected chi connectivity index (χ2v) is 4.11. The van der Waals surface area contributed by atoms with Crippen LogP contribution in [0.5, 0.6) is 0 Å². The Morgan fingerprint density at radius 1 is 1.45 bits per heavy atom. The highest BCUT2D eigenvalue weighted by Gasteiger charge is 2.21. The van der Waals surface area contributed by atoms with Crippen LogP contribution in [-0.2, 0) is 9.59 Å². The molecule has 0 aromatic carbocycles. The van der Waals surface area contributed by atoms with Crippen molar-refractivity contribution < 1.29 is 9.59 Å². The molecule has 1 aliphatic rings. The van der Waals surface area contributed by atoms with E-state index in [1.807, 2.05) is 13.8 Å². The van der Waals surface area contributed by atoms with E-state index in [9.17, 15) is 9.59 Å². The van der Waals surface area contributed by atoms with E-state index in [4.69, 9.17) is 0 Å². The molecule has 1 N–H and O–H groups in total. The number of carbonyl (C=O) groups is 2. The van der Waals surface area contributed by atoms with Gasteiger partial charge in [0.15, 0.2) is 0 Å². The second-order valence-electron chi connectivity index (χ2n) is 2.49. The smallest absolute Gasteiger partial charge is 0.264 e. The SMILES string of the molecule is CC(C)SC1=CC(=O)NC1=O. The van der Waals surface area contributed by atoms with E-state index in [1.54, 1.807) is 0 Å². The van der Waals surface area contributed by atoms with Crippen LogP contribution in [0.2, 0.25) is 0 Å². The van der Waals surface area contributed by atoms with Gasteiger partial charge in [0.2, 0.25) is 0 Å². The van der Waals surface area contributed by atoms with Crippen molar-refractivity contribution in [2.24, 2.45) is 0 Å². The van der Waals surface area contributed by atoms with Crippen LogP contribution in [0.3, 0.4) is 0 Å². The summed E-state index contributed by atoms with van der Waals surface area (Å²) in [5.74, 6) is -0.577. The maximum atomic E-state index is 10.9. The molecule has 0 fully saturated rings. The summed E-state index contributed by atoms with van der Waals surface area (Å²) in [6, 6.07) is 0. The molecule has 0 saturated carbocycles. The lowest BCUT2D eigenvalue weighted by molar-refractivity contribution is -0.123. The number of nitrogens with one attached hydrogen (secondary N) is 1. The monoisotopic (exact) mass is 171 g/mol. The highest BCUT2D eigenvalue weighted by molar-refractivity contribution is 8.04. The van der Waals surface area contributed by atoms with Crippen molar-refractivity contribution in [1.29, 1.82) is 0 Å². The number of hydrogen-bond acceptors (Lipinski definition) is 3. The van der Waals surface area contributed by atoms with Crippen molar-refractivity contribution in [2.75, 3.05) is 0 Å². The van der Waals surface area contributed by atoms with Gasteiger partial charge in [0.1, 0.15) is 0 Å². The maximum absolute atomic E-state index is 10.9. The molecule has 1 heterocycles. The molecule has 1 aliphatic heterocycles. The fraction of sp³-hybridized carbons (Fsp3) is 0.429. The van der Waals surface area contributed by atoms with Gasteiger partial charge in [-0.3, -0.25) is 14.9 Å². The van der Waals surface area contributed by atoms with Crippen LogP contribution in [0.1, 0.15) is 13.8 Å². The van der Waals surface area contributed by atoms with Gasteiger partial charge in [-0.15, -0.1) is 11.8 Å². The molecular weight excluding hydrogens is 162 g/mol. The summed E-state index contributed by atoms with van der Waals surface area (Å²) in [5.41, 5.74) is 0. The molecular formula is C7H9NO2S. The minimum absolute atomic E-state index is 0.270. The number of thioether (sulfide) groups is 1. The van der Waals surface area contributed by atoms with Gasteiger partial charge in [0.25, 0.3) is 11.8 Å². The number of rotatable bonds is 2. The van der Waals surface area contributed by atoms with Gasteiger partial charge in [-0.2, -0.15) is 0 Å². The number of hydrogen-bond donors (Lipinski definition) is 1. The van der Waals surface area contributed by atoms with E-state index in [-0.39, 0.29) is 11.8 Å². The van der Waals surface area contributed by atoms with Crippen LogP contribution in [0.15, 0.2) is 11.0 Å². The third kappa shape index (κ3) is 2.08. The first-order valence-electron chi connectivity index (χ1n) is 3.33. The third-order valence-electron chi connectivity index (χ3n) is 1.09. The summed E-state index contributed by atoms with van der Waals surface area (Å²) in [6.45, 7) is 3.95. The van der Waals surface area contributed by atoms with Gasteiger partial charge in [-0.05, 0) is 0 Å². The van der Waals surface area contributed by atoms with Crippen molar-refractivity contribution in [1.82, 2.24) is 5.32 Å². The Bertz CT molecular complexity index is 233. The van der Waals surface area contributed by atoms with E-state index in [1.165, 1.54) is 17.8 Å². The Labute approximate surface area is 69.2 Å². The van der Waals surface area contributed by atoms with E-state index in [0.717, 1.165) is 0 Å². The summed E-state index contributed by atoms with van der Waals surface area (Å²) in [5, 5.41) is 2.51. The van der Waals surface area contributed by atoms with E-state index < -0.39 is 0 Å². The fourth-order valence-corrected chi connectivity index (χ4v) is 1.58. The summed E-state index contributed by atoms with van der Waals surface area (Å²) in [7, 11) is 0. The number of imide groups is 1. The number of carbonyl (C=O) groups excluding carboxylic acids is 2. The van der Waals surface area contributed by atoms with Gasteiger partial charge in [-0.25, -0.2) is 0 Å². The summed E-state index contributed by atoms with van der Waals surface area (Å²) < 4.78 is 0. The normalized spacial score (nSPS) is 17.2. The van der Waals surface area contributed by atoms with E-state index in [0.29, 0.717) is 10.2 Å². The van der Waals surface area contributed by atoms with Crippen molar-refractivity contribution in [3.63, 3.8) is 0 Å². The third-order valence-corrected chi connectivity index (χ3v) is 2.11. The molecule has 0 unspecified atom stereocenters. The van der Waals surface area contributed by atoms with Gasteiger partial charge >= 0.3 is 0 Å². The Morgan fingerprint density at radius 2 is 2.09 bits per heavy atom. The Hall–Kier alpha value is -0.770. The lowest BCUT2D eigenvalue weighted by atomic mass is 10.5. The van der Waals surface area contributed by atoms with Crippen molar-refractivity contribution in [2.45, 2.75) is 19.1 Å². The molecule has 0 saturated heterocycles. The van der Waals surface area contributed by atoms with Crippen molar-refractivity contribution in [3.8, 4) is 0 Å². The second kappa shape index (κ2) is 3.09. The highest BCUT2D eigenvalue weighted by atomic mass is 32.2. The minimum atomic E-state index is -0.307. The molecule has 0 aromatic rings. The quantitative estimate of drug-likeness (QED) is 0.621. The molecule has 0 aliphatic carbocycles. The first-order valence-corrected chi connectivity index (χ1v) is 4.21. The average molecular weight is 171 g/mol. The standard InChI is InChI=1S/C7H9NO2S/c1-4(2)11-5-3-6(9)8-7(5)10/h3-4H,1-2H3,(H,8,9,10). The molecule has 11 heavy (non-hydrogen) atoms. The zero-order valence-corrected chi connectivity index (χ0v) is 7.20. The largest absolute Gasteiger partial charge is 0.288 e. The molecule has 60 valence electrons. The molecule has 1 rings (SSSR count). The topological polar surface area (TPSA) is 46.2 Å². The van der Waals surface area contributed by atoms with Gasteiger partial charge in [0, 0.05) is 11.3 Å². The lowest BCUT2D eigenvalue weighted by Crippen LogP contribution is -2.21. The van der Waals surface area contributed by atoms with Gasteiger partial charge < -0.3 is 0 Å². The molecule has 4 heteroatoms. The van der Waals surface area contributed by atoms with Crippen LogP contribution < -0.4 is 5.32 Å².